The number of hydrogen-bond acceptors (Lipinski definition) is 3. The number of nitrogens with one attached hydrogen (secondary N) is 1. The molecule has 0 bridgehead atoms. The highest BCUT2D eigenvalue weighted by Crippen LogP contribution is 2.21. The summed E-state index contributed by atoms with van der Waals surface area (Å²) in [6, 6.07) is 14.8. The summed E-state index contributed by atoms with van der Waals surface area (Å²) >= 11 is 0. The molecule has 3 nitrogen and oxygen atoms in total. The van der Waals surface area contributed by atoms with Crippen LogP contribution < -0.4 is 11.1 Å². The largest absolute Gasteiger partial charge is 0.399 e. The van der Waals surface area contributed by atoms with Crippen LogP contribution in [0.4, 0.5) is 11.4 Å². The third-order valence-electron chi connectivity index (χ3n) is 2.68. The first-order chi connectivity index (χ1) is 9.35. The Morgan fingerprint density at radius 2 is 1.35 bits per heavy atom. The summed E-state index contributed by atoms with van der Waals surface area (Å²) in [6.07, 6.45) is 0. The highest BCUT2D eigenvalue weighted by atomic mass is 32.2. The molecule has 0 saturated carbocycles. The Kier molecular flexibility index (Phi) is 4.14. The number of nitrogen functional groups attached to an aromatic ring is 1. The van der Waals surface area contributed by atoms with Crippen LogP contribution in [0.1, 0.15) is 20.8 Å². The van der Waals surface area contributed by atoms with Crippen LogP contribution in [0, 0.1) is 0 Å². The zero-order valence-corrected chi connectivity index (χ0v) is 12.8. The highest BCUT2D eigenvalue weighted by molar-refractivity contribution is 7.85. The van der Waals surface area contributed by atoms with E-state index in [4.69, 9.17) is 5.73 Å². The van der Waals surface area contributed by atoms with Crippen LogP contribution in [0.5, 0.6) is 0 Å². The van der Waals surface area contributed by atoms with Gasteiger partial charge in [-0.3, -0.25) is 0 Å². The van der Waals surface area contributed by atoms with Crippen LogP contribution in [0.15, 0.2) is 58.3 Å². The molecule has 0 aromatic heterocycles. The third kappa shape index (κ3) is 3.84. The minimum Gasteiger partial charge on any atom is -0.399 e. The van der Waals surface area contributed by atoms with Gasteiger partial charge in [0.05, 0.1) is 10.8 Å². The molecule has 2 aromatic carbocycles. The third-order valence-corrected chi connectivity index (χ3v) is 4.08. The van der Waals surface area contributed by atoms with E-state index in [1.807, 2.05) is 24.3 Å². The van der Waals surface area contributed by atoms with Crippen molar-refractivity contribution in [1.29, 1.82) is 0 Å². The van der Waals surface area contributed by atoms with E-state index in [0.717, 1.165) is 15.5 Å². The molecule has 20 heavy (non-hydrogen) atoms. The van der Waals surface area contributed by atoms with E-state index in [-0.39, 0.29) is 5.54 Å². The first kappa shape index (κ1) is 14.6. The molecule has 3 N–H and O–H groups in total. The average molecular weight is 288 g/mol. The van der Waals surface area contributed by atoms with Gasteiger partial charge in [-0.2, -0.15) is 0 Å². The van der Waals surface area contributed by atoms with Crippen molar-refractivity contribution in [3.05, 3.63) is 48.5 Å². The second-order valence-corrected chi connectivity index (χ2v) is 7.22. The van der Waals surface area contributed by atoms with Crippen molar-refractivity contribution < 1.29 is 4.21 Å². The van der Waals surface area contributed by atoms with E-state index in [1.54, 1.807) is 24.3 Å². The fourth-order valence-corrected chi connectivity index (χ4v) is 2.86. The molecule has 2 aromatic rings. The molecule has 1 unspecified atom stereocenters. The van der Waals surface area contributed by atoms with Crippen LogP contribution in [0.3, 0.4) is 0 Å². The number of benzene rings is 2. The summed E-state index contributed by atoms with van der Waals surface area (Å²) in [6.45, 7) is 6.31. The molecule has 0 amide bonds. The van der Waals surface area contributed by atoms with E-state index in [9.17, 15) is 4.21 Å². The van der Waals surface area contributed by atoms with Crippen molar-refractivity contribution in [1.82, 2.24) is 0 Å². The van der Waals surface area contributed by atoms with Crippen molar-refractivity contribution in [2.24, 2.45) is 0 Å². The summed E-state index contributed by atoms with van der Waals surface area (Å²) in [5.41, 5.74) is 7.35. The normalized spacial score (nSPS) is 12.9. The molecule has 0 aliphatic carbocycles. The SMILES string of the molecule is CC(C)(C)Nc1ccc(S(=O)c2ccc(N)cc2)cc1. The first-order valence-corrected chi connectivity index (χ1v) is 7.66. The van der Waals surface area contributed by atoms with Crippen molar-refractivity contribution in [2.75, 3.05) is 11.1 Å². The van der Waals surface area contributed by atoms with E-state index < -0.39 is 10.8 Å². The quantitative estimate of drug-likeness (QED) is 0.848. The molecule has 0 aliphatic heterocycles. The smallest absolute Gasteiger partial charge is 0.0849 e. The Balaban J connectivity index is 2.17. The van der Waals surface area contributed by atoms with Gasteiger partial charge < -0.3 is 11.1 Å². The van der Waals surface area contributed by atoms with Crippen molar-refractivity contribution >= 4 is 22.2 Å². The molecular weight excluding hydrogens is 268 g/mol. The monoisotopic (exact) mass is 288 g/mol. The minimum atomic E-state index is -1.17. The fourth-order valence-electron chi connectivity index (χ4n) is 1.82. The molecule has 0 saturated heterocycles. The number of hydrogen-bond donors (Lipinski definition) is 2. The molecule has 4 heteroatoms. The van der Waals surface area contributed by atoms with Gasteiger partial charge in [-0.05, 0) is 69.3 Å². The van der Waals surface area contributed by atoms with Gasteiger partial charge in [-0.1, -0.05) is 0 Å². The lowest BCUT2D eigenvalue weighted by atomic mass is 10.1. The van der Waals surface area contributed by atoms with Crippen LogP contribution in [-0.2, 0) is 10.8 Å². The van der Waals surface area contributed by atoms with Crippen molar-refractivity contribution in [3.63, 3.8) is 0 Å². The highest BCUT2D eigenvalue weighted by Gasteiger charge is 2.10. The summed E-state index contributed by atoms with van der Waals surface area (Å²) in [5.74, 6) is 0. The molecule has 2 rings (SSSR count). The zero-order chi connectivity index (χ0) is 14.8. The molecule has 1 atom stereocenters. The van der Waals surface area contributed by atoms with E-state index in [2.05, 4.69) is 26.1 Å². The van der Waals surface area contributed by atoms with Crippen LogP contribution in [0.25, 0.3) is 0 Å². The first-order valence-electron chi connectivity index (χ1n) is 6.51. The summed E-state index contributed by atoms with van der Waals surface area (Å²) in [7, 11) is -1.17. The Bertz CT molecular complexity index is 598. The maximum Gasteiger partial charge on any atom is 0.0849 e. The summed E-state index contributed by atoms with van der Waals surface area (Å²) < 4.78 is 12.4. The van der Waals surface area contributed by atoms with Crippen LogP contribution >= 0.6 is 0 Å². The lowest BCUT2D eigenvalue weighted by molar-refractivity contribution is 0.634. The maximum atomic E-state index is 12.4. The second kappa shape index (κ2) is 5.67. The lowest BCUT2D eigenvalue weighted by Gasteiger charge is -2.22. The number of rotatable bonds is 3. The van der Waals surface area contributed by atoms with Crippen molar-refractivity contribution in [3.8, 4) is 0 Å². The summed E-state index contributed by atoms with van der Waals surface area (Å²) in [5, 5.41) is 3.38. The van der Waals surface area contributed by atoms with Gasteiger partial charge in [0, 0.05) is 26.7 Å². The molecule has 0 heterocycles. The zero-order valence-electron chi connectivity index (χ0n) is 12.0. The van der Waals surface area contributed by atoms with Gasteiger partial charge in [0.25, 0.3) is 0 Å². The Labute approximate surface area is 122 Å². The fraction of sp³-hybridized carbons (Fsp3) is 0.250. The van der Waals surface area contributed by atoms with Crippen LogP contribution in [0.2, 0.25) is 0 Å². The van der Waals surface area contributed by atoms with E-state index in [1.165, 1.54) is 0 Å². The molecule has 0 radical (unpaired) electrons. The number of nitrogens with two attached hydrogens (primary N) is 1. The van der Waals surface area contributed by atoms with Gasteiger partial charge in [0.15, 0.2) is 0 Å². The predicted octanol–water partition coefficient (Wildman–Crippen LogP) is 3.65. The predicted molar refractivity (Wildman–Crippen MR) is 85.3 cm³/mol. The van der Waals surface area contributed by atoms with Gasteiger partial charge in [-0.25, -0.2) is 4.21 Å². The van der Waals surface area contributed by atoms with E-state index in [0.29, 0.717) is 5.69 Å². The average Bonchev–Trinajstić information content (AvgIpc) is 2.38. The van der Waals surface area contributed by atoms with Gasteiger partial charge in [-0.15, -0.1) is 0 Å². The molecule has 0 spiro atoms. The topological polar surface area (TPSA) is 55.1 Å². The standard InChI is InChI=1S/C16H20N2OS/c1-16(2,3)18-13-6-10-15(11-7-13)20(19)14-8-4-12(17)5-9-14/h4-11,18H,17H2,1-3H3. The Morgan fingerprint density at radius 3 is 1.80 bits per heavy atom. The van der Waals surface area contributed by atoms with Gasteiger partial charge in [0.2, 0.25) is 0 Å². The molecule has 0 aliphatic rings. The lowest BCUT2D eigenvalue weighted by Crippen LogP contribution is -2.25. The Morgan fingerprint density at radius 1 is 0.900 bits per heavy atom. The summed E-state index contributed by atoms with van der Waals surface area (Å²) in [4.78, 5) is 1.55. The minimum absolute atomic E-state index is 0.0115. The van der Waals surface area contributed by atoms with E-state index >= 15 is 0 Å². The maximum absolute atomic E-state index is 12.4. The van der Waals surface area contributed by atoms with Crippen molar-refractivity contribution in [2.45, 2.75) is 36.1 Å². The molecule has 0 fully saturated rings. The van der Waals surface area contributed by atoms with Gasteiger partial charge >= 0.3 is 0 Å². The molecule has 106 valence electrons. The Hall–Kier alpha value is -1.81. The second-order valence-electron chi connectivity index (χ2n) is 5.74. The number of anilines is 2. The van der Waals surface area contributed by atoms with Gasteiger partial charge in [0.1, 0.15) is 0 Å². The van der Waals surface area contributed by atoms with Crippen LogP contribution in [-0.4, -0.2) is 9.75 Å². The molecular formula is C16H20N2OS.